The van der Waals surface area contributed by atoms with Crippen LogP contribution in [0.4, 0.5) is 0 Å². The lowest BCUT2D eigenvalue weighted by molar-refractivity contribution is -0.146. The van der Waals surface area contributed by atoms with Crippen molar-refractivity contribution in [3.05, 3.63) is 23.8 Å². The molecule has 5 heteroatoms. The van der Waals surface area contributed by atoms with Crippen molar-refractivity contribution in [2.75, 3.05) is 0 Å². The first kappa shape index (κ1) is 11.0. The molecule has 1 heterocycles. The predicted octanol–water partition coefficient (Wildman–Crippen LogP) is 0.738. The van der Waals surface area contributed by atoms with Gasteiger partial charge in [-0.05, 0) is 25.8 Å². The third-order valence-electron chi connectivity index (χ3n) is 2.97. The van der Waals surface area contributed by atoms with Gasteiger partial charge in [-0.25, -0.2) is 9.97 Å². The summed E-state index contributed by atoms with van der Waals surface area (Å²) in [5, 5.41) is 12.1. The number of nitrogens with zero attached hydrogens (tertiary/aromatic N) is 2. The van der Waals surface area contributed by atoms with Crippen LogP contribution in [0.1, 0.15) is 24.4 Å². The minimum Gasteiger partial charge on any atom is -0.481 e. The summed E-state index contributed by atoms with van der Waals surface area (Å²) in [6.45, 7) is 2.45. The third-order valence-corrected chi connectivity index (χ3v) is 2.97. The van der Waals surface area contributed by atoms with Gasteiger partial charge in [0.05, 0.1) is 11.6 Å². The molecule has 2 N–H and O–H groups in total. The fourth-order valence-electron chi connectivity index (χ4n) is 1.88. The summed E-state index contributed by atoms with van der Waals surface area (Å²) < 4.78 is 0. The van der Waals surface area contributed by atoms with E-state index in [0.717, 1.165) is 24.4 Å². The van der Waals surface area contributed by atoms with Crippen LogP contribution >= 0.6 is 0 Å². The Bertz CT molecular complexity index is 395. The lowest BCUT2D eigenvalue weighted by atomic mass is 9.79. The van der Waals surface area contributed by atoms with E-state index in [1.165, 1.54) is 0 Å². The second-order valence-corrected chi connectivity index (χ2v) is 4.10. The molecule has 0 aromatic carbocycles. The SMILES string of the molecule is Cc1nccc(CNC2CCC2C(=O)O)n1. The van der Waals surface area contributed by atoms with Crippen LogP contribution in [0.5, 0.6) is 0 Å². The fourth-order valence-corrected chi connectivity index (χ4v) is 1.88. The lowest BCUT2D eigenvalue weighted by Gasteiger charge is -2.34. The number of hydrogen-bond donors (Lipinski definition) is 2. The number of carboxylic acids is 1. The average Bonchev–Trinajstić information content (AvgIpc) is 2.15. The Morgan fingerprint density at radius 1 is 1.62 bits per heavy atom. The maximum atomic E-state index is 10.8. The molecule has 0 amide bonds. The van der Waals surface area contributed by atoms with Gasteiger partial charge in [0.2, 0.25) is 0 Å². The van der Waals surface area contributed by atoms with Crippen LogP contribution < -0.4 is 5.32 Å². The van der Waals surface area contributed by atoms with Gasteiger partial charge >= 0.3 is 5.97 Å². The summed E-state index contributed by atoms with van der Waals surface area (Å²) in [5.74, 6) is -0.201. The van der Waals surface area contributed by atoms with Gasteiger partial charge in [0, 0.05) is 18.8 Å². The molecule has 1 aromatic rings. The Morgan fingerprint density at radius 3 is 3.00 bits per heavy atom. The highest BCUT2D eigenvalue weighted by molar-refractivity contribution is 5.72. The second-order valence-electron chi connectivity index (χ2n) is 4.10. The van der Waals surface area contributed by atoms with Gasteiger partial charge in [-0.3, -0.25) is 4.79 Å². The number of aliphatic carboxylic acids is 1. The van der Waals surface area contributed by atoms with Gasteiger partial charge in [0.1, 0.15) is 5.82 Å². The second kappa shape index (κ2) is 4.57. The smallest absolute Gasteiger partial charge is 0.308 e. The normalized spacial score (nSPS) is 23.8. The van der Waals surface area contributed by atoms with Gasteiger partial charge in [-0.15, -0.1) is 0 Å². The first-order valence-electron chi connectivity index (χ1n) is 5.41. The van der Waals surface area contributed by atoms with Crippen molar-refractivity contribution < 1.29 is 9.90 Å². The monoisotopic (exact) mass is 221 g/mol. The van der Waals surface area contributed by atoms with Crippen molar-refractivity contribution in [2.45, 2.75) is 32.4 Å². The van der Waals surface area contributed by atoms with E-state index >= 15 is 0 Å². The van der Waals surface area contributed by atoms with E-state index in [9.17, 15) is 4.79 Å². The number of carboxylic acid groups (broad SMARTS) is 1. The molecule has 0 spiro atoms. The molecule has 1 aliphatic rings. The molecule has 2 unspecified atom stereocenters. The maximum absolute atomic E-state index is 10.8. The molecule has 0 aliphatic heterocycles. The number of carbonyl (C=O) groups is 1. The van der Waals surface area contributed by atoms with Gasteiger partial charge in [0.25, 0.3) is 0 Å². The molecule has 1 aliphatic carbocycles. The van der Waals surface area contributed by atoms with E-state index in [2.05, 4.69) is 15.3 Å². The van der Waals surface area contributed by atoms with E-state index < -0.39 is 5.97 Å². The molecule has 2 atom stereocenters. The van der Waals surface area contributed by atoms with Gasteiger partial charge < -0.3 is 10.4 Å². The van der Waals surface area contributed by atoms with Crippen LogP contribution in [-0.4, -0.2) is 27.1 Å². The Hall–Kier alpha value is -1.49. The van der Waals surface area contributed by atoms with Crippen molar-refractivity contribution >= 4 is 5.97 Å². The van der Waals surface area contributed by atoms with Gasteiger partial charge in [-0.1, -0.05) is 0 Å². The minimum absolute atomic E-state index is 0.0905. The number of aryl methyl sites for hydroxylation is 1. The van der Waals surface area contributed by atoms with Crippen LogP contribution in [0, 0.1) is 12.8 Å². The Balaban J connectivity index is 1.86. The Labute approximate surface area is 93.9 Å². The zero-order valence-corrected chi connectivity index (χ0v) is 9.18. The first-order valence-corrected chi connectivity index (χ1v) is 5.41. The third kappa shape index (κ3) is 2.36. The van der Waals surface area contributed by atoms with E-state index in [1.807, 2.05) is 13.0 Å². The summed E-state index contributed by atoms with van der Waals surface area (Å²) in [7, 11) is 0. The highest BCUT2D eigenvalue weighted by atomic mass is 16.4. The zero-order valence-electron chi connectivity index (χ0n) is 9.18. The Kier molecular flexibility index (Phi) is 3.14. The molecule has 1 aromatic heterocycles. The molecule has 16 heavy (non-hydrogen) atoms. The average molecular weight is 221 g/mol. The molecule has 1 saturated carbocycles. The zero-order chi connectivity index (χ0) is 11.5. The Morgan fingerprint density at radius 2 is 2.44 bits per heavy atom. The summed E-state index contributed by atoms with van der Waals surface area (Å²) in [4.78, 5) is 19.1. The molecule has 0 saturated heterocycles. The van der Waals surface area contributed by atoms with E-state index in [1.54, 1.807) is 6.20 Å². The number of aromatic nitrogens is 2. The fraction of sp³-hybridized carbons (Fsp3) is 0.545. The number of nitrogens with one attached hydrogen (secondary N) is 1. The molecule has 2 rings (SSSR count). The standard InChI is InChI=1S/C11H15N3O2/c1-7-12-5-4-8(14-7)6-13-10-3-2-9(10)11(15)16/h4-5,9-10,13H,2-3,6H2,1H3,(H,15,16). The molecule has 0 bridgehead atoms. The highest BCUT2D eigenvalue weighted by Gasteiger charge is 2.35. The summed E-state index contributed by atoms with van der Waals surface area (Å²) in [6, 6.07) is 1.93. The van der Waals surface area contributed by atoms with Crippen LogP contribution in [0.15, 0.2) is 12.3 Å². The molecule has 0 radical (unpaired) electrons. The van der Waals surface area contributed by atoms with Crippen molar-refractivity contribution in [1.82, 2.24) is 15.3 Å². The van der Waals surface area contributed by atoms with Crippen molar-refractivity contribution in [3.8, 4) is 0 Å². The maximum Gasteiger partial charge on any atom is 0.308 e. The molecular formula is C11H15N3O2. The van der Waals surface area contributed by atoms with E-state index in [-0.39, 0.29) is 12.0 Å². The van der Waals surface area contributed by atoms with Gasteiger partial charge in [-0.2, -0.15) is 0 Å². The topological polar surface area (TPSA) is 75.1 Å². The summed E-state index contributed by atoms with van der Waals surface area (Å²) >= 11 is 0. The van der Waals surface area contributed by atoms with E-state index in [4.69, 9.17) is 5.11 Å². The molecular weight excluding hydrogens is 206 g/mol. The highest BCUT2D eigenvalue weighted by Crippen LogP contribution is 2.27. The number of hydrogen-bond acceptors (Lipinski definition) is 4. The van der Waals surface area contributed by atoms with Gasteiger partial charge in [0.15, 0.2) is 0 Å². The largest absolute Gasteiger partial charge is 0.481 e. The molecule has 1 fully saturated rings. The van der Waals surface area contributed by atoms with Crippen LogP contribution in [0.2, 0.25) is 0 Å². The van der Waals surface area contributed by atoms with Crippen molar-refractivity contribution in [3.63, 3.8) is 0 Å². The van der Waals surface area contributed by atoms with E-state index in [0.29, 0.717) is 6.54 Å². The van der Waals surface area contributed by atoms with Crippen molar-refractivity contribution in [2.24, 2.45) is 5.92 Å². The molecule has 5 nitrogen and oxygen atoms in total. The van der Waals surface area contributed by atoms with Crippen LogP contribution in [0.25, 0.3) is 0 Å². The molecule has 86 valence electrons. The summed E-state index contributed by atoms with van der Waals surface area (Å²) in [6.07, 6.45) is 3.42. The van der Waals surface area contributed by atoms with Crippen LogP contribution in [0.3, 0.4) is 0 Å². The minimum atomic E-state index is -0.706. The lowest BCUT2D eigenvalue weighted by Crippen LogP contribution is -2.47. The quantitative estimate of drug-likeness (QED) is 0.784. The van der Waals surface area contributed by atoms with Crippen molar-refractivity contribution in [1.29, 1.82) is 0 Å². The predicted molar refractivity (Wildman–Crippen MR) is 57.8 cm³/mol. The van der Waals surface area contributed by atoms with Crippen LogP contribution in [-0.2, 0) is 11.3 Å². The number of rotatable bonds is 4. The first-order chi connectivity index (χ1) is 7.66. The summed E-state index contributed by atoms with van der Waals surface area (Å²) in [5.41, 5.74) is 0.906.